The molecule has 0 spiro atoms. The second-order valence-corrected chi connectivity index (χ2v) is 6.44. The number of hydrogen-bond acceptors (Lipinski definition) is 4. The molecule has 1 aliphatic heterocycles. The molecule has 1 heterocycles. The van der Waals surface area contributed by atoms with E-state index in [0.717, 1.165) is 16.9 Å². The lowest BCUT2D eigenvalue weighted by atomic mass is 9.93. The predicted molar refractivity (Wildman–Crippen MR) is 95.2 cm³/mol. The zero-order valence-corrected chi connectivity index (χ0v) is 15.0. The number of carbonyl (C=O) groups excluding carboxylic acids is 4. The van der Waals surface area contributed by atoms with Crippen LogP contribution in [0.4, 0.5) is 9.59 Å². The molecule has 1 aromatic rings. The van der Waals surface area contributed by atoms with Gasteiger partial charge in [0.05, 0.1) is 0 Å². The van der Waals surface area contributed by atoms with Crippen LogP contribution in [0, 0.1) is 0 Å². The van der Waals surface area contributed by atoms with E-state index in [0.29, 0.717) is 19.4 Å². The summed E-state index contributed by atoms with van der Waals surface area (Å²) in [6, 6.07) is 8.35. The smallest absolute Gasteiger partial charge is 0.325 e. The third-order valence-corrected chi connectivity index (χ3v) is 4.19. The maximum absolute atomic E-state index is 12.6. The molecule has 26 heavy (non-hydrogen) atoms. The highest BCUT2D eigenvalue weighted by Gasteiger charge is 2.47. The van der Waals surface area contributed by atoms with Crippen molar-refractivity contribution in [1.29, 1.82) is 0 Å². The fourth-order valence-electron chi connectivity index (χ4n) is 2.69. The van der Waals surface area contributed by atoms with Crippen molar-refractivity contribution in [2.24, 2.45) is 0 Å². The molecule has 0 aromatic heterocycles. The Bertz CT molecular complexity index is 692. The largest absolute Gasteiger partial charge is 0.338 e. The first-order chi connectivity index (χ1) is 12.4. The van der Waals surface area contributed by atoms with Crippen LogP contribution in [0.2, 0.25) is 0 Å². The number of imide groups is 2. The van der Waals surface area contributed by atoms with Crippen molar-refractivity contribution in [2.75, 3.05) is 13.1 Å². The number of aryl methyl sites for hydroxylation is 1. The minimum Gasteiger partial charge on any atom is -0.338 e. The van der Waals surface area contributed by atoms with Gasteiger partial charge in [-0.1, -0.05) is 37.3 Å². The molecule has 1 atom stereocenters. The van der Waals surface area contributed by atoms with Gasteiger partial charge in [0, 0.05) is 6.54 Å². The first-order valence-electron chi connectivity index (χ1n) is 8.61. The Morgan fingerprint density at radius 3 is 2.54 bits per heavy atom. The van der Waals surface area contributed by atoms with Gasteiger partial charge in [-0.05, 0) is 31.7 Å². The first-order valence-corrected chi connectivity index (χ1v) is 8.61. The normalized spacial score (nSPS) is 19.2. The molecule has 140 valence electrons. The highest BCUT2D eigenvalue weighted by molar-refractivity contribution is 6.09. The number of rotatable bonds is 7. The topological polar surface area (TPSA) is 108 Å². The Labute approximate surface area is 152 Å². The zero-order valence-electron chi connectivity index (χ0n) is 15.0. The number of urea groups is 2. The summed E-state index contributed by atoms with van der Waals surface area (Å²) >= 11 is 0. The van der Waals surface area contributed by atoms with Gasteiger partial charge in [0.25, 0.3) is 5.91 Å². The van der Waals surface area contributed by atoms with Crippen molar-refractivity contribution in [3.05, 3.63) is 35.9 Å². The molecule has 1 fully saturated rings. The van der Waals surface area contributed by atoms with Crippen molar-refractivity contribution >= 4 is 23.9 Å². The van der Waals surface area contributed by atoms with Gasteiger partial charge in [-0.2, -0.15) is 0 Å². The van der Waals surface area contributed by atoms with Crippen LogP contribution in [0.1, 0.15) is 32.3 Å². The summed E-state index contributed by atoms with van der Waals surface area (Å²) in [5.41, 5.74) is -0.0166. The minimum absolute atomic E-state index is 0.413. The van der Waals surface area contributed by atoms with Crippen molar-refractivity contribution in [3.63, 3.8) is 0 Å². The van der Waals surface area contributed by atoms with Crippen LogP contribution >= 0.6 is 0 Å². The highest BCUT2D eigenvalue weighted by atomic mass is 16.2. The lowest BCUT2D eigenvalue weighted by Gasteiger charge is -2.21. The van der Waals surface area contributed by atoms with E-state index in [9.17, 15) is 19.2 Å². The summed E-state index contributed by atoms with van der Waals surface area (Å²) in [4.78, 5) is 49.0. The lowest BCUT2D eigenvalue weighted by molar-refractivity contribution is -0.134. The summed E-state index contributed by atoms with van der Waals surface area (Å²) in [5, 5.41) is 7.25. The Morgan fingerprint density at radius 1 is 1.19 bits per heavy atom. The van der Waals surface area contributed by atoms with Crippen LogP contribution < -0.4 is 16.0 Å². The summed E-state index contributed by atoms with van der Waals surface area (Å²) < 4.78 is 0. The van der Waals surface area contributed by atoms with Gasteiger partial charge in [0.2, 0.25) is 5.91 Å². The molecular formula is C18H24N4O4. The summed E-state index contributed by atoms with van der Waals surface area (Å²) in [6.45, 7) is 3.46. The monoisotopic (exact) mass is 360 g/mol. The Hall–Kier alpha value is -2.90. The highest BCUT2D eigenvalue weighted by Crippen LogP contribution is 2.23. The van der Waals surface area contributed by atoms with E-state index in [1.165, 1.54) is 0 Å². The Kier molecular flexibility index (Phi) is 6.32. The van der Waals surface area contributed by atoms with Gasteiger partial charge < -0.3 is 10.6 Å². The van der Waals surface area contributed by atoms with Crippen LogP contribution in [0.15, 0.2) is 30.3 Å². The summed E-state index contributed by atoms with van der Waals surface area (Å²) in [5.74, 6) is -1.18. The Balaban J connectivity index is 1.92. The molecule has 3 N–H and O–H groups in total. The number of amides is 6. The molecule has 1 aliphatic rings. The van der Waals surface area contributed by atoms with E-state index >= 15 is 0 Å². The molecule has 8 nitrogen and oxygen atoms in total. The second-order valence-electron chi connectivity index (χ2n) is 6.44. The van der Waals surface area contributed by atoms with Crippen molar-refractivity contribution < 1.29 is 19.2 Å². The number of nitrogens with one attached hydrogen (secondary N) is 3. The predicted octanol–water partition coefficient (Wildman–Crippen LogP) is 1.17. The number of carbonyl (C=O) groups is 4. The van der Waals surface area contributed by atoms with Gasteiger partial charge in [-0.3, -0.25) is 19.8 Å². The SMILES string of the molecule is CCCNC(=O)NC(=O)CN1C(=O)N[C@@](C)(CCc2ccccc2)C1=O. The second kappa shape index (κ2) is 8.46. The molecule has 6 amide bonds. The van der Waals surface area contributed by atoms with E-state index in [-0.39, 0.29) is 0 Å². The van der Waals surface area contributed by atoms with Gasteiger partial charge >= 0.3 is 12.1 Å². The van der Waals surface area contributed by atoms with Crippen LogP contribution in [0.3, 0.4) is 0 Å². The van der Waals surface area contributed by atoms with E-state index in [1.54, 1.807) is 6.92 Å². The molecule has 8 heteroatoms. The van der Waals surface area contributed by atoms with Gasteiger partial charge in [-0.25, -0.2) is 9.59 Å². The maximum Gasteiger partial charge on any atom is 0.325 e. The van der Waals surface area contributed by atoms with Crippen molar-refractivity contribution in [2.45, 2.75) is 38.6 Å². The summed E-state index contributed by atoms with van der Waals surface area (Å²) in [7, 11) is 0. The van der Waals surface area contributed by atoms with Crippen LogP contribution in [-0.2, 0) is 16.0 Å². The van der Waals surface area contributed by atoms with Gasteiger partial charge in [0.1, 0.15) is 12.1 Å². The molecular weight excluding hydrogens is 336 g/mol. The molecule has 0 radical (unpaired) electrons. The van der Waals surface area contributed by atoms with Crippen molar-refractivity contribution in [3.8, 4) is 0 Å². The van der Waals surface area contributed by atoms with Crippen LogP contribution in [-0.4, -0.2) is 47.4 Å². The first kappa shape index (κ1) is 19.4. The standard InChI is InChI=1S/C18H24N4O4/c1-3-11-19-16(25)20-14(23)12-22-15(24)18(2,21-17(22)26)10-9-13-7-5-4-6-8-13/h4-8H,3,9-12H2,1-2H3,(H,21,26)(H2,19,20,23,25)/t18-/m0/s1. The van der Waals surface area contributed by atoms with Gasteiger partial charge in [-0.15, -0.1) is 0 Å². The zero-order chi connectivity index (χ0) is 19.2. The van der Waals surface area contributed by atoms with Crippen LogP contribution in [0.25, 0.3) is 0 Å². The maximum atomic E-state index is 12.6. The molecule has 1 saturated heterocycles. The van der Waals surface area contributed by atoms with Gasteiger partial charge in [0.15, 0.2) is 0 Å². The molecule has 0 saturated carbocycles. The third-order valence-electron chi connectivity index (χ3n) is 4.19. The molecule has 1 aromatic carbocycles. The minimum atomic E-state index is -1.07. The van der Waals surface area contributed by atoms with E-state index in [4.69, 9.17) is 0 Å². The number of benzene rings is 1. The quantitative estimate of drug-likeness (QED) is 0.634. The van der Waals surface area contributed by atoms with E-state index < -0.39 is 36.0 Å². The number of nitrogens with zero attached hydrogens (tertiary/aromatic N) is 1. The lowest BCUT2D eigenvalue weighted by Crippen LogP contribution is -2.47. The molecule has 0 bridgehead atoms. The van der Waals surface area contributed by atoms with Crippen molar-refractivity contribution in [1.82, 2.24) is 20.9 Å². The molecule has 0 unspecified atom stereocenters. The van der Waals surface area contributed by atoms with Crippen LogP contribution in [0.5, 0.6) is 0 Å². The average Bonchev–Trinajstić information content (AvgIpc) is 2.82. The fraction of sp³-hybridized carbons (Fsp3) is 0.444. The molecule has 2 rings (SSSR count). The average molecular weight is 360 g/mol. The fourth-order valence-corrected chi connectivity index (χ4v) is 2.69. The Morgan fingerprint density at radius 2 is 1.88 bits per heavy atom. The summed E-state index contributed by atoms with van der Waals surface area (Å²) in [6.07, 6.45) is 1.76. The number of hydrogen-bond donors (Lipinski definition) is 3. The molecule has 0 aliphatic carbocycles. The third kappa shape index (κ3) is 4.81. The van der Waals surface area contributed by atoms with E-state index in [2.05, 4.69) is 16.0 Å². The van der Waals surface area contributed by atoms with E-state index in [1.807, 2.05) is 37.3 Å².